The molecule has 8 heteroatoms. The zero-order valence-electron chi connectivity index (χ0n) is 13.1. The molecule has 2 N–H and O–H groups in total. The van der Waals surface area contributed by atoms with E-state index >= 15 is 0 Å². The highest BCUT2D eigenvalue weighted by molar-refractivity contribution is 6.42. The molecule has 2 rings (SSSR count). The highest BCUT2D eigenvalue weighted by Crippen LogP contribution is 2.25. The van der Waals surface area contributed by atoms with Crippen LogP contribution in [-0.4, -0.2) is 18.4 Å². The van der Waals surface area contributed by atoms with Crippen LogP contribution in [0.15, 0.2) is 36.4 Å². The van der Waals surface area contributed by atoms with Crippen LogP contribution >= 0.6 is 23.2 Å². The third kappa shape index (κ3) is 5.14. The van der Waals surface area contributed by atoms with Crippen molar-refractivity contribution in [1.29, 1.82) is 0 Å². The first-order valence-electron chi connectivity index (χ1n) is 7.25. The number of benzene rings is 2. The summed E-state index contributed by atoms with van der Waals surface area (Å²) in [4.78, 5) is 23.7. The van der Waals surface area contributed by atoms with Gasteiger partial charge in [-0.25, -0.2) is 8.78 Å². The van der Waals surface area contributed by atoms with E-state index in [0.29, 0.717) is 16.1 Å². The lowest BCUT2D eigenvalue weighted by atomic mass is 10.1. The van der Waals surface area contributed by atoms with Crippen molar-refractivity contribution in [2.45, 2.75) is 13.0 Å². The summed E-state index contributed by atoms with van der Waals surface area (Å²) < 4.78 is 26.3. The lowest BCUT2D eigenvalue weighted by molar-refractivity contribution is -0.120. The molecule has 0 saturated carbocycles. The largest absolute Gasteiger partial charge is 0.348 e. The first-order valence-corrected chi connectivity index (χ1v) is 8.01. The van der Waals surface area contributed by atoms with Crippen LogP contribution in [0.3, 0.4) is 0 Å². The molecule has 2 aromatic carbocycles. The summed E-state index contributed by atoms with van der Waals surface area (Å²) in [6.45, 7) is 1.38. The van der Waals surface area contributed by atoms with Crippen LogP contribution in [0.1, 0.15) is 28.9 Å². The van der Waals surface area contributed by atoms with Gasteiger partial charge in [-0.05, 0) is 36.8 Å². The summed E-state index contributed by atoms with van der Waals surface area (Å²) >= 11 is 11.8. The highest BCUT2D eigenvalue weighted by atomic mass is 35.5. The maximum absolute atomic E-state index is 13.5. The van der Waals surface area contributed by atoms with Crippen LogP contribution in [0.25, 0.3) is 0 Å². The summed E-state index contributed by atoms with van der Waals surface area (Å²) in [7, 11) is 0. The number of carbonyl (C=O) groups excluding carboxylic acids is 2. The van der Waals surface area contributed by atoms with Gasteiger partial charge < -0.3 is 10.6 Å². The van der Waals surface area contributed by atoms with E-state index in [0.717, 1.165) is 17.7 Å². The van der Waals surface area contributed by atoms with E-state index < -0.39 is 23.4 Å². The first-order chi connectivity index (χ1) is 11.8. The summed E-state index contributed by atoms with van der Waals surface area (Å²) in [6.07, 6.45) is 0. The second-order valence-corrected chi connectivity index (χ2v) is 6.08. The average molecular weight is 387 g/mol. The molecule has 2 aromatic rings. The molecular formula is C17H14Cl2F2N2O2. The van der Waals surface area contributed by atoms with Crippen molar-refractivity contribution in [3.05, 3.63) is 69.2 Å². The molecule has 1 atom stereocenters. The maximum atomic E-state index is 13.5. The minimum Gasteiger partial charge on any atom is -0.348 e. The van der Waals surface area contributed by atoms with Crippen LogP contribution in [0.4, 0.5) is 8.78 Å². The van der Waals surface area contributed by atoms with E-state index in [1.165, 1.54) is 0 Å². The molecule has 0 aromatic heterocycles. The number of hydrogen-bond acceptors (Lipinski definition) is 2. The molecular weight excluding hydrogens is 373 g/mol. The van der Waals surface area contributed by atoms with E-state index in [4.69, 9.17) is 23.2 Å². The Morgan fingerprint density at radius 3 is 2.44 bits per heavy atom. The van der Waals surface area contributed by atoms with Crippen molar-refractivity contribution in [1.82, 2.24) is 10.6 Å². The quantitative estimate of drug-likeness (QED) is 0.818. The molecule has 0 fully saturated rings. The maximum Gasteiger partial charge on any atom is 0.254 e. The van der Waals surface area contributed by atoms with Gasteiger partial charge in [-0.1, -0.05) is 29.3 Å². The number of hydrogen-bond donors (Lipinski definition) is 2. The van der Waals surface area contributed by atoms with Crippen LogP contribution in [0, 0.1) is 11.6 Å². The number of rotatable bonds is 5. The molecule has 0 spiro atoms. The number of amides is 2. The second-order valence-electron chi connectivity index (χ2n) is 5.27. The summed E-state index contributed by atoms with van der Waals surface area (Å²) in [5.74, 6) is -3.08. The summed E-state index contributed by atoms with van der Waals surface area (Å²) in [5, 5.41) is 5.70. The molecule has 1 unspecified atom stereocenters. The molecule has 2 amide bonds. The van der Waals surface area contributed by atoms with Gasteiger partial charge in [-0.3, -0.25) is 9.59 Å². The van der Waals surface area contributed by atoms with E-state index in [2.05, 4.69) is 10.6 Å². The molecule has 0 aliphatic heterocycles. The van der Waals surface area contributed by atoms with Gasteiger partial charge in [0.25, 0.3) is 5.91 Å². The lowest BCUT2D eigenvalue weighted by Crippen LogP contribution is -2.38. The fourth-order valence-corrected chi connectivity index (χ4v) is 2.39. The van der Waals surface area contributed by atoms with Gasteiger partial charge >= 0.3 is 0 Å². The van der Waals surface area contributed by atoms with E-state index in [1.807, 2.05) is 0 Å². The van der Waals surface area contributed by atoms with Gasteiger partial charge in [0, 0.05) is 6.07 Å². The monoisotopic (exact) mass is 386 g/mol. The fourth-order valence-electron chi connectivity index (χ4n) is 2.09. The standard InChI is InChI=1S/C17H14Cl2F2N2O2/c1-9(10-2-5-13(18)14(19)6-10)23-16(24)8-22-17(25)12-4-3-11(20)7-15(12)21/h2-7,9H,8H2,1H3,(H,22,25)(H,23,24). The highest BCUT2D eigenvalue weighted by Gasteiger charge is 2.15. The molecule has 132 valence electrons. The zero-order valence-corrected chi connectivity index (χ0v) is 14.6. The van der Waals surface area contributed by atoms with E-state index in [1.54, 1.807) is 25.1 Å². The van der Waals surface area contributed by atoms with Gasteiger partial charge in [0.15, 0.2) is 0 Å². The minimum atomic E-state index is -0.998. The molecule has 0 heterocycles. The average Bonchev–Trinajstić information content (AvgIpc) is 2.55. The van der Waals surface area contributed by atoms with Crippen LogP contribution in [0.2, 0.25) is 10.0 Å². The smallest absolute Gasteiger partial charge is 0.254 e. The summed E-state index contributed by atoms with van der Waals surface area (Å²) in [5.41, 5.74) is 0.394. The van der Waals surface area contributed by atoms with Crippen molar-refractivity contribution in [3.63, 3.8) is 0 Å². The van der Waals surface area contributed by atoms with Crippen LogP contribution in [-0.2, 0) is 4.79 Å². The Hall–Kier alpha value is -2.18. The minimum absolute atomic E-state index is 0.341. The number of carbonyl (C=O) groups is 2. The third-order valence-electron chi connectivity index (χ3n) is 3.41. The van der Waals surface area contributed by atoms with Crippen molar-refractivity contribution >= 4 is 35.0 Å². The second kappa shape index (κ2) is 8.27. The molecule has 0 aliphatic carbocycles. The fraction of sp³-hybridized carbons (Fsp3) is 0.176. The zero-order chi connectivity index (χ0) is 18.6. The van der Waals surface area contributed by atoms with Crippen LogP contribution < -0.4 is 10.6 Å². The van der Waals surface area contributed by atoms with Crippen molar-refractivity contribution in [2.24, 2.45) is 0 Å². The molecule has 0 radical (unpaired) electrons. The van der Waals surface area contributed by atoms with Gasteiger partial charge in [-0.2, -0.15) is 0 Å². The molecule has 4 nitrogen and oxygen atoms in total. The van der Waals surface area contributed by atoms with Gasteiger partial charge in [-0.15, -0.1) is 0 Å². The Labute approximate surface area is 153 Å². The van der Waals surface area contributed by atoms with Gasteiger partial charge in [0.2, 0.25) is 5.91 Å². The Morgan fingerprint density at radius 2 is 1.80 bits per heavy atom. The Balaban J connectivity index is 1.91. The number of halogens is 4. The first kappa shape index (κ1) is 19.1. The number of nitrogens with one attached hydrogen (secondary N) is 2. The van der Waals surface area contributed by atoms with Gasteiger partial charge in [0.05, 0.1) is 28.2 Å². The molecule has 0 bridgehead atoms. The SMILES string of the molecule is CC(NC(=O)CNC(=O)c1ccc(F)cc1F)c1ccc(Cl)c(Cl)c1. The van der Waals surface area contributed by atoms with Crippen molar-refractivity contribution in [2.75, 3.05) is 6.54 Å². The van der Waals surface area contributed by atoms with Crippen molar-refractivity contribution < 1.29 is 18.4 Å². The molecule has 0 saturated heterocycles. The molecule has 25 heavy (non-hydrogen) atoms. The third-order valence-corrected chi connectivity index (χ3v) is 4.15. The predicted molar refractivity (Wildman–Crippen MR) is 91.7 cm³/mol. The van der Waals surface area contributed by atoms with Crippen LogP contribution in [0.5, 0.6) is 0 Å². The molecule has 0 aliphatic rings. The predicted octanol–water partition coefficient (Wildman–Crippen LogP) is 3.88. The Kier molecular flexibility index (Phi) is 6.33. The topological polar surface area (TPSA) is 58.2 Å². The Bertz CT molecular complexity index is 815. The van der Waals surface area contributed by atoms with Crippen molar-refractivity contribution in [3.8, 4) is 0 Å². The normalized spacial score (nSPS) is 11.7. The summed E-state index contributed by atoms with van der Waals surface area (Å²) in [6, 6.07) is 7.15. The Morgan fingerprint density at radius 1 is 1.08 bits per heavy atom. The lowest BCUT2D eigenvalue weighted by Gasteiger charge is -2.15. The van der Waals surface area contributed by atoms with Gasteiger partial charge in [0.1, 0.15) is 11.6 Å². The van der Waals surface area contributed by atoms with E-state index in [-0.39, 0.29) is 18.2 Å². The van der Waals surface area contributed by atoms with E-state index in [9.17, 15) is 18.4 Å².